The molecule has 1 amide bonds. The molecular weight excluding hydrogens is 352 g/mol. The topological polar surface area (TPSA) is 71.2 Å². The Hall–Kier alpha value is -2.79. The highest BCUT2D eigenvalue weighted by Crippen LogP contribution is 2.18. The molecule has 5 nitrogen and oxygen atoms in total. The van der Waals surface area contributed by atoms with Gasteiger partial charge in [-0.05, 0) is 35.7 Å². The Balaban J connectivity index is 1.40. The second-order valence-corrected chi connectivity index (χ2v) is 6.36. The largest absolute Gasteiger partial charge is 0.455 e. The highest BCUT2D eigenvalue weighted by atomic mass is 35.5. The Morgan fingerprint density at radius 3 is 2.81 bits per heavy atom. The number of aromatic nitrogens is 1. The van der Waals surface area contributed by atoms with Crippen LogP contribution in [0.2, 0.25) is 5.02 Å². The van der Waals surface area contributed by atoms with E-state index in [-0.39, 0.29) is 18.9 Å². The van der Waals surface area contributed by atoms with Crippen molar-refractivity contribution >= 4 is 34.4 Å². The molecule has 0 bridgehead atoms. The summed E-state index contributed by atoms with van der Waals surface area (Å²) in [4.78, 5) is 26.9. The Bertz CT molecular complexity index is 920. The predicted octanol–water partition coefficient (Wildman–Crippen LogP) is 3.27. The fraction of sp³-hybridized carbons (Fsp3) is 0.200. The Kier molecular flexibility index (Phi) is 5.92. The van der Waals surface area contributed by atoms with Crippen molar-refractivity contribution in [2.24, 2.45) is 0 Å². The van der Waals surface area contributed by atoms with Gasteiger partial charge in [0.05, 0.1) is 6.42 Å². The lowest BCUT2D eigenvalue weighted by molar-refractivity contribution is -0.147. The number of hydrogen-bond acceptors (Lipinski definition) is 3. The number of carbonyl (C=O) groups excluding carboxylic acids is 2. The number of amides is 1. The van der Waals surface area contributed by atoms with Gasteiger partial charge in [-0.15, -0.1) is 0 Å². The van der Waals surface area contributed by atoms with Crippen LogP contribution in [0, 0.1) is 0 Å². The van der Waals surface area contributed by atoms with Gasteiger partial charge in [0, 0.05) is 28.7 Å². The molecule has 3 aromatic rings. The Morgan fingerprint density at radius 1 is 1.12 bits per heavy atom. The second kappa shape index (κ2) is 8.54. The van der Waals surface area contributed by atoms with E-state index in [1.54, 1.807) is 12.3 Å². The molecular formula is C20H19ClN2O3. The van der Waals surface area contributed by atoms with Crippen molar-refractivity contribution in [2.75, 3.05) is 13.2 Å². The minimum atomic E-state index is -0.431. The van der Waals surface area contributed by atoms with Gasteiger partial charge < -0.3 is 15.0 Å². The van der Waals surface area contributed by atoms with Gasteiger partial charge in [-0.25, -0.2) is 0 Å². The molecule has 0 saturated heterocycles. The monoisotopic (exact) mass is 370 g/mol. The maximum absolute atomic E-state index is 12.0. The van der Waals surface area contributed by atoms with Gasteiger partial charge in [0.2, 0.25) is 0 Å². The Morgan fingerprint density at radius 2 is 1.96 bits per heavy atom. The molecule has 26 heavy (non-hydrogen) atoms. The van der Waals surface area contributed by atoms with Gasteiger partial charge in [0.15, 0.2) is 6.61 Å². The summed E-state index contributed by atoms with van der Waals surface area (Å²) >= 11 is 5.92. The Labute approximate surface area is 156 Å². The highest BCUT2D eigenvalue weighted by Gasteiger charge is 2.11. The third kappa shape index (κ3) is 4.86. The van der Waals surface area contributed by atoms with Crippen LogP contribution in [-0.2, 0) is 27.2 Å². The van der Waals surface area contributed by atoms with Crippen LogP contribution >= 0.6 is 11.6 Å². The van der Waals surface area contributed by atoms with E-state index in [9.17, 15) is 9.59 Å². The zero-order valence-corrected chi connectivity index (χ0v) is 14.9. The van der Waals surface area contributed by atoms with Gasteiger partial charge in [-0.2, -0.15) is 0 Å². The summed E-state index contributed by atoms with van der Waals surface area (Å²) in [6, 6.07) is 15.2. The smallest absolute Gasteiger partial charge is 0.310 e. The molecule has 0 atom stereocenters. The van der Waals surface area contributed by atoms with Gasteiger partial charge in [-0.3, -0.25) is 9.59 Å². The van der Waals surface area contributed by atoms with Gasteiger partial charge in [0.25, 0.3) is 5.91 Å². The zero-order valence-electron chi connectivity index (χ0n) is 14.1. The minimum absolute atomic E-state index is 0.125. The van der Waals surface area contributed by atoms with Crippen molar-refractivity contribution in [2.45, 2.75) is 12.8 Å². The summed E-state index contributed by atoms with van der Waals surface area (Å²) in [6.07, 6.45) is 2.58. The van der Waals surface area contributed by atoms with E-state index in [0.717, 1.165) is 22.0 Å². The van der Waals surface area contributed by atoms with E-state index in [1.165, 1.54) is 0 Å². The molecule has 1 heterocycles. The number of H-pyrrole nitrogens is 1. The number of benzene rings is 2. The summed E-state index contributed by atoms with van der Waals surface area (Å²) < 4.78 is 5.06. The predicted molar refractivity (Wildman–Crippen MR) is 101 cm³/mol. The first-order chi connectivity index (χ1) is 12.6. The van der Waals surface area contributed by atoms with Crippen LogP contribution in [0.4, 0.5) is 0 Å². The lowest BCUT2D eigenvalue weighted by atomic mass is 10.1. The second-order valence-electron chi connectivity index (χ2n) is 5.93. The SMILES string of the molecule is O=C(COC(=O)Cc1c[nH]c2ccccc12)NCCc1cccc(Cl)c1. The molecule has 2 N–H and O–H groups in total. The van der Waals surface area contributed by atoms with Crippen molar-refractivity contribution in [3.8, 4) is 0 Å². The first-order valence-electron chi connectivity index (χ1n) is 8.33. The van der Waals surface area contributed by atoms with Crippen molar-refractivity contribution < 1.29 is 14.3 Å². The molecule has 0 aliphatic heterocycles. The average molecular weight is 371 g/mol. The third-order valence-electron chi connectivity index (χ3n) is 4.00. The van der Waals surface area contributed by atoms with E-state index in [0.29, 0.717) is 18.0 Å². The van der Waals surface area contributed by atoms with Crippen molar-refractivity contribution in [1.82, 2.24) is 10.3 Å². The van der Waals surface area contributed by atoms with E-state index >= 15 is 0 Å². The number of halogens is 1. The summed E-state index contributed by atoms with van der Waals surface area (Å²) in [5.41, 5.74) is 2.86. The summed E-state index contributed by atoms with van der Waals surface area (Å²) in [5, 5.41) is 4.38. The van der Waals surface area contributed by atoms with Crippen LogP contribution in [0.15, 0.2) is 54.7 Å². The molecule has 0 saturated carbocycles. The van der Waals surface area contributed by atoms with Crippen LogP contribution in [0.5, 0.6) is 0 Å². The first kappa shape index (κ1) is 18.0. The van der Waals surface area contributed by atoms with Crippen LogP contribution in [0.1, 0.15) is 11.1 Å². The number of carbonyl (C=O) groups is 2. The lowest BCUT2D eigenvalue weighted by Crippen LogP contribution is -2.30. The number of para-hydroxylation sites is 1. The fourth-order valence-electron chi connectivity index (χ4n) is 2.72. The number of aromatic amines is 1. The van der Waals surface area contributed by atoms with Crippen molar-refractivity contribution in [3.63, 3.8) is 0 Å². The standard InChI is InChI=1S/C20H19ClN2O3/c21-16-5-3-4-14(10-16)8-9-22-19(24)13-26-20(25)11-15-12-23-18-7-2-1-6-17(15)18/h1-7,10,12,23H,8-9,11,13H2,(H,22,24). The molecule has 1 aromatic heterocycles. The van der Waals surface area contributed by atoms with Crippen LogP contribution in [-0.4, -0.2) is 30.0 Å². The molecule has 2 aromatic carbocycles. The van der Waals surface area contributed by atoms with Gasteiger partial charge in [-0.1, -0.05) is 41.9 Å². The number of fused-ring (bicyclic) bond motifs is 1. The normalized spacial score (nSPS) is 10.7. The highest BCUT2D eigenvalue weighted by molar-refractivity contribution is 6.30. The van der Waals surface area contributed by atoms with E-state index in [4.69, 9.17) is 16.3 Å². The van der Waals surface area contributed by atoms with Crippen molar-refractivity contribution in [3.05, 3.63) is 70.9 Å². The third-order valence-corrected chi connectivity index (χ3v) is 4.23. The van der Waals surface area contributed by atoms with E-state index in [2.05, 4.69) is 10.3 Å². The molecule has 0 unspecified atom stereocenters. The molecule has 134 valence electrons. The number of nitrogens with one attached hydrogen (secondary N) is 2. The first-order valence-corrected chi connectivity index (χ1v) is 8.71. The minimum Gasteiger partial charge on any atom is -0.455 e. The maximum atomic E-state index is 12.0. The van der Waals surface area contributed by atoms with Crippen molar-refractivity contribution in [1.29, 1.82) is 0 Å². The molecule has 0 spiro atoms. The lowest BCUT2D eigenvalue weighted by Gasteiger charge is -2.07. The molecule has 0 aliphatic carbocycles. The quantitative estimate of drug-likeness (QED) is 0.627. The summed E-state index contributed by atoms with van der Waals surface area (Å²) in [7, 11) is 0. The van der Waals surface area contributed by atoms with E-state index in [1.807, 2.05) is 42.5 Å². The number of hydrogen-bond donors (Lipinski definition) is 2. The molecule has 0 aliphatic rings. The number of rotatable bonds is 7. The molecule has 6 heteroatoms. The van der Waals surface area contributed by atoms with Crippen LogP contribution in [0.3, 0.4) is 0 Å². The van der Waals surface area contributed by atoms with Gasteiger partial charge >= 0.3 is 5.97 Å². The van der Waals surface area contributed by atoms with Crippen LogP contribution < -0.4 is 5.32 Å². The summed E-state index contributed by atoms with van der Waals surface area (Å²) in [6.45, 7) is 0.176. The number of ether oxygens (including phenoxy) is 1. The molecule has 0 radical (unpaired) electrons. The average Bonchev–Trinajstić information content (AvgIpc) is 3.03. The molecule has 0 fully saturated rings. The van der Waals surface area contributed by atoms with E-state index < -0.39 is 5.97 Å². The number of esters is 1. The summed E-state index contributed by atoms with van der Waals surface area (Å²) in [5.74, 6) is -0.751. The van der Waals surface area contributed by atoms with Crippen LogP contribution in [0.25, 0.3) is 10.9 Å². The zero-order chi connectivity index (χ0) is 18.4. The van der Waals surface area contributed by atoms with Gasteiger partial charge in [0.1, 0.15) is 0 Å². The molecule has 3 rings (SSSR count). The fourth-order valence-corrected chi connectivity index (χ4v) is 2.93. The maximum Gasteiger partial charge on any atom is 0.310 e.